The molecule has 1 aromatic heterocycles. The van der Waals surface area contributed by atoms with E-state index in [2.05, 4.69) is 15.0 Å². The highest BCUT2D eigenvalue weighted by Crippen LogP contribution is 2.32. The van der Waals surface area contributed by atoms with Crippen molar-refractivity contribution < 1.29 is 8.91 Å². The lowest BCUT2D eigenvalue weighted by Gasteiger charge is -2.35. The predicted molar refractivity (Wildman–Crippen MR) is 84.9 cm³/mol. The van der Waals surface area contributed by atoms with Gasteiger partial charge in [-0.15, -0.1) is 0 Å². The van der Waals surface area contributed by atoms with Gasteiger partial charge in [-0.2, -0.15) is 16.7 Å². The smallest absolute Gasteiger partial charge is 0.240 e. The Morgan fingerprint density at radius 2 is 2.14 bits per heavy atom. The topological polar surface area (TPSA) is 42.2 Å². The molecule has 1 fully saturated rings. The van der Waals surface area contributed by atoms with Gasteiger partial charge in [0.1, 0.15) is 5.82 Å². The minimum atomic E-state index is -0.190. The molecule has 0 bridgehead atoms. The molecule has 0 unspecified atom stereocenters. The number of hydrogen-bond acceptors (Lipinski definition) is 5. The highest BCUT2D eigenvalue weighted by Gasteiger charge is 2.25. The van der Waals surface area contributed by atoms with Crippen LogP contribution in [0.1, 0.15) is 42.6 Å². The SMILES string of the molecule is CSCc1noc(CN2CCCC[C@@H]2c2ccc(F)cc2)n1. The van der Waals surface area contributed by atoms with Gasteiger partial charge in [-0.25, -0.2) is 4.39 Å². The minimum absolute atomic E-state index is 0.190. The van der Waals surface area contributed by atoms with Crippen molar-refractivity contribution in [2.45, 2.75) is 37.6 Å². The molecule has 2 heterocycles. The normalized spacial score (nSPS) is 19.5. The Morgan fingerprint density at radius 1 is 1.32 bits per heavy atom. The van der Waals surface area contributed by atoms with Crippen LogP contribution in [0.3, 0.4) is 0 Å². The van der Waals surface area contributed by atoms with Crippen molar-refractivity contribution in [2.75, 3.05) is 12.8 Å². The average Bonchev–Trinajstić information content (AvgIpc) is 2.96. The first-order chi connectivity index (χ1) is 10.8. The van der Waals surface area contributed by atoms with Crippen LogP contribution in [0.2, 0.25) is 0 Å². The minimum Gasteiger partial charge on any atom is -0.338 e. The molecule has 0 spiro atoms. The number of hydrogen-bond donors (Lipinski definition) is 0. The lowest BCUT2D eigenvalue weighted by atomic mass is 9.95. The summed E-state index contributed by atoms with van der Waals surface area (Å²) in [5, 5.41) is 4.00. The number of aromatic nitrogens is 2. The summed E-state index contributed by atoms with van der Waals surface area (Å²) in [6.07, 6.45) is 5.46. The van der Waals surface area contributed by atoms with Crippen LogP contribution in [0.25, 0.3) is 0 Å². The Bertz CT molecular complexity index is 602. The third-order valence-electron chi connectivity index (χ3n) is 3.99. The standard InChI is InChI=1S/C16H20FN3OS/c1-22-11-15-18-16(21-19-15)10-20-9-3-2-4-14(20)12-5-7-13(17)8-6-12/h5-8,14H,2-4,9-11H2,1H3/t14-/m1/s1. The maximum Gasteiger partial charge on any atom is 0.240 e. The second-order valence-corrected chi connectivity index (χ2v) is 6.44. The van der Waals surface area contributed by atoms with Crippen molar-refractivity contribution in [3.05, 3.63) is 47.4 Å². The predicted octanol–water partition coefficient (Wildman–Crippen LogP) is 3.80. The number of thioether (sulfide) groups is 1. The van der Waals surface area contributed by atoms with Gasteiger partial charge in [-0.05, 0) is 43.3 Å². The fourth-order valence-electron chi connectivity index (χ4n) is 2.96. The molecule has 0 radical (unpaired) electrons. The monoisotopic (exact) mass is 321 g/mol. The molecule has 22 heavy (non-hydrogen) atoms. The van der Waals surface area contributed by atoms with E-state index in [9.17, 15) is 4.39 Å². The molecule has 6 heteroatoms. The Morgan fingerprint density at radius 3 is 2.91 bits per heavy atom. The average molecular weight is 321 g/mol. The molecular weight excluding hydrogens is 301 g/mol. The fourth-order valence-corrected chi connectivity index (χ4v) is 3.33. The zero-order valence-electron chi connectivity index (χ0n) is 12.7. The zero-order chi connectivity index (χ0) is 15.4. The van der Waals surface area contributed by atoms with Gasteiger partial charge in [0, 0.05) is 6.04 Å². The maximum absolute atomic E-state index is 13.1. The summed E-state index contributed by atoms with van der Waals surface area (Å²) in [4.78, 5) is 6.79. The highest BCUT2D eigenvalue weighted by molar-refractivity contribution is 7.97. The third kappa shape index (κ3) is 3.67. The molecule has 4 nitrogen and oxygen atoms in total. The second-order valence-electron chi connectivity index (χ2n) is 5.57. The van der Waals surface area contributed by atoms with Gasteiger partial charge in [0.15, 0.2) is 5.82 Å². The Hall–Kier alpha value is -1.40. The first-order valence-corrected chi connectivity index (χ1v) is 8.95. The molecule has 118 valence electrons. The van der Waals surface area contributed by atoms with Crippen LogP contribution in [-0.4, -0.2) is 27.8 Å². The van der Waals surface area contributed by atoms with Gasteiger partial charge in [0.25, 0.3) is 0 Å². The van der Waals surface area contributed by atoms with E-state index in [4.69, 9.17) is 4.52 Å². The Balaban J connectivity index is 1.72. The van der Waals surface area contributed by atoms with Gasteiger partial charge in [0.05, 0.1) is 12.3 Å². The molecule has 3 rings (SSSR count). The second kappa shape index (κ2) is 7.24. The van der Waals surface area contributed by atoms with Crippen LogP contribution in [-0.2, 0) is 12.3 Å². The Kier molecular flexibility index (Phi) is 5.10. The lowest BCUT2D eigenvalue weighted by molar-refractivity contribution is 0.124. The van der Waals surface area contributed by atoms with Crippen LogP contribution >= 0.6 is 11.8 Å². The van der Waals surface area contributed by atoms with E-state index in [1.54, 1.807) is 11.8 Å². The molecule has 1 atom stereocenters. The van der Waals surface area contributed by atoms with Crippen molar-refractivity contribution in [3.63, 3.8) is 0 Å². The van der Waals surface area contributed by atoms with E-state index >= 15 is 0 Å². The van der Waals surface area contributed by atoms with Gasteiger partial charge in [-0.1, -0.05) is 23.7 Å². The van der Waals surface area contributed by atoms with Crippen molar-refractivity contribution in [3.8, 4) is 0 Å². The number of piperidine rings is 1. The van der Waals surface area contributed by atoms with E-state index in [1.807, 2.05) is 18.4 Å². The van der Waals surface area contributed by atoms with E-state index in [-0.39, 0.29) is 5.82 Å². The maximum atomic E-state index is 13.1. The van der Waals surface area contributed by atoms with Crippen molar-refractivity contribution >= 4 is 11.8 Å². The summed E-state index contributed by atoms with van der Waals surface area (Å²) < 4.78 is 18.5. The summed E-state index contributed by atoms with van der Waals surface area (Å²) in [7, 11) is 0. The first kappa shape index (κ1) is 15.5. The summed E-state index contributed by atoms with van der Waals surface area (Å²) in [6, 6.07) is 7.12. The summed E-state index contributed by atoms with van der Waals surface area (Å²) in [5.41, 5.74) is 1.16. The van der Waals surface area contributed by atoms with E-state index in [0.717, 1.165) is 30.1 Å². The molecule has 1 saturated heterocycles. The molecule has 1 aliphatic rings. The van der Waals surface area contributed by atoms with Gasteiger partial charge in [-0.3, -0.25) is 4.90 Å². The Labute approximate surface area is 134 Å². The van der Waals surface area contributed by atoms with E-state index in [0.29, 0.717) is 18.5 Å². The fraction of sp³-hybridized carbons (Fsp3) is 0.500. The highest BCUT2D eigenvalue weighted by atomic mass is 32.2. The molecule has 2 aromatic rings. The lowest BCUT2D eigenvalue weighted by Crippen LogP contribution is -2.33. The van der Waals surface area contributed by atoms with Crippen molar-refractivity contribution in [1.82, 2.24) is 15.0 Å². The van der Waals surface area contributed by atoms with Crippen LogP contribution in [0.4, 0.5) is 4.39 Å². The number of benzene rings is 1. The molecule has 0 saturated carbocycles. The summed E-state index contributed by atoms with van der Waals surface area (Å²) >= 11 is 1.68. The summed E-state index contributed by atoms with van der Waals surface area (Å²) in [5.74, 6) is 1.99. The molecule has 1 aliphatic heterocycles. The van der Waals surface area contributed by atoms with Crippen LogP contribution in [0, 0.1) is 5.82 Å². The molecule has 1 aromatic carbocycles. The van der Waals surface area contributed by atoms with Gasteiger partial charge >= 0.3 is 0 Å². The quantitative estimate of drug-likeness (QED) is 0.838. The first-order valence-electron chi connectivity index (χ1n) is 7.56. The van der Waals surface area contributed by atoms with E-state index in [1.165, 1.54) is 25.0 Å². The van der Waals surface area contributed by atoms with Crippen molar-refractivity contribution in [1.29, 1.82) is 0 Å². The van der Waals surface area contributed by atoms with E-state index < -0.39 is 0 Å². The number of likely N-dealkylation sites (tertiary alicyclic amines) is 1. The van der Waals surface area contributed by atoms with Crippen LogP contribution in [0.5, 0.6) is 0 Å². The van der Waals surface area contributed by atoms with Crippen LogP contribution < -0.4 is 0 Å². The summed E-state index contributed by atoms with van der Waals surface area (Å²) in [6.45, 7) is 1.66. The van der Waals surface area contributed by atoms with Gasteiger partial charge < -0.3 is 4.52 Å². The molecule has 0 amide bonds. The third-order valence-corrected chi connectivity index (χ3v) is 4.54. The van der Waals surface area contributed by atoms with Gasteiger partial charge in [0.2, 0.25) is 5.89 Å². The largest absolute Gasteiger partial charge is 0.338 e. The zero-order valence-corrected chi connectivity index (χ0v) is 13.5. The molecule has 0 aliphatic carbocycles. The molecular formula is C16H20FN3OS. The number of halogens is 1. The van der Waals surface area contributed by atoms with Crippen LogP contribution in [0.15, 0.2) is 28.8 Å². The molecule has 0 N–H and O–H groups in total. The number of nitrogens with zero attached hydrogens (tertiary/aromatic N) is 3. The van der Waals surface area contributed by atoms with Crippen molar-refractivity contribution in [2.24, 2.45) is 0 Å². The number of rotatable bonds is 5.